The first-order chi connectivity index (χ1) is 9.25. The van der Waals surface area contributed by atoms with Gasteiger partial charge in [-0.3, -0.25) is 4.99 Å². The molecule has 1 nitrogen and oxygen atoms in total. The zero-order valence-corrected chi connectivity index (χ0v) is 11.6. The Morgan fingerprint density at radius 1 is 1.11 bits per heavy atom. The summed E-state index contributed by atoms with van der Waals surface area (Å²) in [6.07, 6.45) is 0. The van der Waals surface area contributed by atoms with Gasteiger partial charge in [-0.1, -0.05) is 48.0 Å². The van der Waals surface area contributed by atoms with Crippen molar-refractivity contribution in [3.05, 3.63) is 70.5 Å². The molecule has 3 rings (SSSR count). The van der Waals surface area contributed by atoms with Crippen molar-refractivity contribution in [1.29, 1.82) is 0 Å². The average molecular weight is 292 g/mol. The summed E-state index contributed by atoms with van der Waals surface area (Å²) in [4.78, 5) is 4.61. The predicted octanol–water partition coefficient (Wildman–Crippen LogP) is 4.71. The zero-order chi connectivity index (χ0) is 13.2. The Morgan fingerprint density at radius 3 is 2.63 bits per heavy atom. The lowest BCUT2D eigenvalue weighted by Crippen LogP contribution is -1.97. The second-order valence-electron chi connectivity index (χ2n) is 4.26. The highest BCUT2D eigenvalue weighted by Crippen LogP contribution is 2.35. The molecule has 96 valence electrons. The smallest absolute Gasteiger partial charge is 0.128 e. The Hall–Kier alpha value is -1.32. The molecule has 0 N–H and O–H groups in total. The van der Waals surface area contributed by atoms with Gasteiger partial charge < -0.3 is 0 Å². The van der Waals surface area contributed by atoms with Crippen LogP contribution in [0.1, 0.15) is 17.2 Å². The zero-order valence-electron chi connectivity index (χ0n) is 10.0. The Bertz CT molecular complexity index is 642. The molecule has 0 radical (unpaired) electrons. The Morgan fingerprint density at radius 2 is 1.84 bits per heavy atom. The standard InChI is InChI=1S/C15H11ClFNS/c16-12-7-3-1-5-10(12)15-18-14(9-19-15)11-6-2-4-8-13(11)17/h1-8,14H,9H2. The maximum absolute atomic E-state index is 13.7. The van der Waals surface area contributed by atoms with Gasteiger partial charge in [0.2, 0.25) is 0 Å². The molecular weight excluding hydrogens is 281 g/mol. The summed E-state index contributed by atoms with van der Waals surface area (Å²) in [5.41, 5.74) is 1.57. The van der Waals surface area contributed by atoms with Gasteiger partial charge in [0.25, 0.3) is 0 Å². The highest BCUT2D eigenvalue weighted by Gasteiger charge is 2.23. The predicted molar refractivity (Wildman–Crippen MR) is 79.6 cm³/mol. The fourth-order valence-electron chi connectivity index (χ4n) is 2.06. The van der Waals surface area contributed by atoms with Crippen molar-refractivity contribution in [3.8, 4) is 0 Å². The van der Waals surface area contributed by atoms with Gasteiger partial charge in [0.15, 0.2) is 0 Å². The van der Waals surface area contributed by atoms with E-state index < -0.39 is 0 Å². The third kappa shape index (κ3) is 2.53. The number of halogens is 2. The van der Waals surface area contributed by atoms with E-state index in [1.54, 1.807) is 23.9 Å². The quantitative estimate of drug-likeness (QED) is 0.780. The molecule has 1 atom stereocenters. The average Bonchev–Trinajstić information content (AvgIpc) is 2.89. The monoisotopic (exact) mass is 291 g/mol. The molecule has 0 aromatic heterocycles. The van der Waals surface area contributed by atoms with Gasteiger partial charge in [-0.25, -0.2) is 4.39 Å². The van der Waals surface area contributed by atoms with Gasteiger partial charge in [0, 0.05) is 16.9 Å². The highest BCUT2D eigenvalue weighted by atomic mass is 35.5. The normalized spacial score (nSPS) is 18.4. The van der Waals surface area contributed by atoms with E-state index in [1.807, 2.05) is 30.3 Å². The Kier molecular flexibility index (Phi) is 3.58. The van der Waals surface area contributed by atoms with Crippen LogP contribution in [-0.2, 0) is 0 Å². The molecule has 0 bridgehead atoms. The van der Waals surface area contributed by atoms with Crippen molar-refractivity contribution in [2.75, 3.05) is 5.75 Å². The summed E-state index contributed by atoms with van der Waals surface area (Å²) in [5.74, 6) is 0.554. The van der Waals surface area contributed by atoms with Gasteiger partial charge in [-0.15, -0.1) is 11.8 Å². The van der Waals surface area contributed by atoms with Crippen LogP contribution in [0.2, 0.25) is 5.02 Å². The van der Waals surface area contributed by atoms with Gasteiger partial charge in [0.1, 0.15) is 10.9 Å². The van der Waals surface area contributed by atoms with Crippen molar-refractivity contribution < 1.29 is 4.39 Å². The minimum absolute atomic E-state index is 0.127. The van der Waals surface area contributed by atoms with Crippen LogP contribution >= 0.6 is 23.4 Å². The molecule has 0 amide bonds. The lowest BCUT2D eigenvalue weighted by atomic mass is 10.1. The van der Waals surface area contributed by atoms with Crippen molar-refractivity contribution in [3.63, 3.8) is 0 Å². The second kappa shape index (κ2) is 5.35. The van der Waals surface area contributed by atoms with Crippen molar-refractivity contribution in [2.45, 2.75) is 6.04 Å². The lowest BCUT2D eigenvalue weighted by Gasteiger charge is -2.06. The SMILES string of the molecule is Fc1ccccc1C1CSC(c2ccccc2Cl)=N1. The lowest BCUT2D eigenvalue weighted by molar-refractivity contribution is 0.597. The summed E-state index contributed by atoms with van der Waals surface area (Å²) >= 11 is 7.78. The minimum Gasteiger partial charge on any atom is -0.269 e. The summed E-state index contributed by atoms with van der Waals surface area (Å²) < 4.78 is 13.7. The second-order valence-corrected chi connectivity index (χ2v) is 5.68. The highest BCUT2D eigenvalue weighted by molar-refractivity contribution is 8.14. The van der Waals surface area contributed by atoms with Gasteiger partial charge in [-0.05, 0) is 12.1 Å². The molecule has 2 aromatic carbocycles. The Balaban J connectivity index is 1.94. The summed E-state index contributed by atoms with van der Waals surface area (Å²) in [6.45, 7) is 0. The molecule has 0 spiro atoms. The maximum atomic E-state index is 13.7. The molecule has 0 aliphatic carbocycles. The fraction of sp³-hybridized carbons (Fsp3) is 0.133. The van der Waals surface area contributed by atoms with E-state index >= 15 is 0 Å². The fourth-order valence-corrected chi connectivity index (χ4v) is 3.45. The van der Waals surface area contributed by atoms with E-state index in [4.69, 9.17) is 11.6 Å². The molecule has 1 unspecified atom stereocenters. The van der Waals surface area contributed by atoms with Crippen molar-refractivity contribution >= 4 is 28.4 Å². The first-order valence-corrected chi connectivity index (χ1v) is 7.32. The number of thioether (sulfide) groups is 1. The van der Waals surface area contributed by atoms with E-state index in [0.29, 0.717) is 10.6 Å². The molecule has 1 aliphatic rings. The first-order valence-electron chi connectivity index (χ1n) is 5.95. The van der Waals surface area contributed by atoms with Gasteiger partial charge in [-0.2, -0.15) is 0 Å². The van der Waals surface area contributed by atoms with E-state index in [2.05, 4.69) is 4.99 Å². The number of hydrogen-bond donors (Lipinski definition) is 0. The number of aliphatic imine (C=N–C) groups is 1. The van der Waals surface area contributed by atoms with Crippen LogP contribution in [0, 0.1) is 5.82 Å². The van der Waals surface area contributed by atoms with Crippen LogP contribution in [-0.4, -0.2) is 10.8 Å². The molecule has 2 aromatic rings. The minimum atomic E-state index is -0.197. The van der Waals surface area contributed by atoms with E-state index in [0.717, 1.165) is 16.4 Å². The molecule has 0 fully saturated rings. The van der Waals surface area contributed by atoms with E-state index in [-0.39, 0.29) is 11.9 Å². The summed E-state index contributed by atoms with van der Waals surface area (Å²) in [7, 11) is 0. The first kappa shape index (κ1) is 12.7. The third-order valence-corrected chi connectivity index (χ3v) is 4.43. The van der Waals surface area contributed by atoms with Crippen LogP contribution in [0.15, 0.2) is 53.5 Å². The molecule has 1 aliphatic heterocycles. The number of benzene rings is 2. The molecule has 0 saturated heterocycles. The molecule has 19 heavy (non-hydrogen) atoms. The topological polar surface area (TPSA) is 12.4 Å². The van der Waals surface area contributed by atoms with Crippen LogP contribution in [0.3, 0.4) is 0 Å². The number of hydrogen-bond acceptors (Lipinski definition) is 2. The third-order valence-electron chi connectivity index (χ3n) is 3.02. The van der Waals surface area contributed by atoms with Crippen molar-refractivity contribution in [1.82, 2.24) is 0 Å². The van der Waals surface area contributed by atoms with Crippen LogP contribution in [0.5, 0.6) is 0 Å². The van der Waals surface area contributed by atoms with E-state index in [9.17, 15) is 4.39 Å². The van der Waals surface area contributed by atoms with Gasteiger partial charge >= 0.3 is 0 Å². The molecule has 0 saturated carbocycles. The maximum Gasteiger partial charge on any atom is 0.128 e. The number of nitrogens with zero attached hydrogens (tertiary/aromatic N) is 1. The van der Waals surface area contributed by atoms with Crippen LogP contribution in [0.25, 0.3) is 0 Å². The molecular formula is C15H11ClFNS. The number of rotatable bonds is 2. The van der Waals surface area contributed by atoms with Gasteiger partial charge in [0.05, 0.1) is 11.1 Å². The summed E-state index contributed by atoms with van der Waals surface area (Å²) in [6, 6.07) is 14.3. The molecule has 4 heteroatoms. The summed E-state index contributed by atoms with van der Waals surface area (Å²) in [5, 5.41) is 1.57. The molecule has 1 heterocycles. The van der Waals surface area contributed by atoms with Crippen LogP contribution in [0.4, 0.5) is 4.39 Å². The van der Waals surface area contributed by atoms with E-state index in [1.165, 1.54) is 6.07 Å². The van der Waals surface area contributed by atoms with Crippen LogP contribution < -0.4 is 0 Å². The van der Waals surface area contributed by atoms with Crippen molar-refractivity contribution in [2.24, 2.45) is 4.99 Å². The largest absolute Gasteiger partial charge is 0.269 e. The Labute approximate surface area is 120 Å².